The third-order valence-electron chi connectivity index (χ3n) is 6.09. The fourth-order valence-electron chi connectivity index (χ4n) is 4.35. The molecule has 1 aliphatic heterocycles. The molecule has 11 heteroatoms. The molecular weight excluding hydrogens is 482 g/mol. The van der Waals surface area contributed by atoms with Gasteiger partial charge in [0.25, 0.3) is 0 Å². The molecule has 1 saturated heterocycles. The molecule has 202 valence electrons. The maximum absolute atomic E-state index is 10.3. The first kappa shape index (κ1) is 29.7. The second-order valence-electron chi connectivity index (χ2n) is 9.06. The summed E-state index contributed by atoms with van der Waals surface area (Å²) in [5.41, 5.74) is -0.497. The highest BCUT2D eigenvalue weighted by Crippen LogP contribution is 2.21. The van der Waals surface area contributed by atoms with Gasteiger partial charge in [-0.3, -0.25) is 24.4 Å². The van der Waals surface area contributed by atoms with Gasteiger partial charge in [-0.1, -0.05) is 25.1 Å². The molecule has 1 aromatic heterocycles. The third-order valence-corrected chi connectivity index (χ3v) is 6.09. The van der Waals surface area contributed by atoms with Gasteiger partial charge < -0.3 is 25.5 Å². The summed E-state index contributed by atoms with van der Waals surface area (Å²) < 4.78 is 0. The molecule has 0 bridgehead atoms. The number of aromatic hydroxyl groups is 1. The van der Waals surface area contributed by atoms with Crippen LogP contribution < -0.4 is 0 Å². The number of hydrogen-bond acceptors (Lipinski definition) is 8. The second-order valence-corrected chi connectivity index (χ2v) is 9.06. The van der Waals surface area contributed by atoms with E-state index in [1.165, 1.54) is 19.4 Å². The number of likely N-dealkylation sites (N-methyl/N-ethyl adjacent to an activating group) is 1. The minimum atomic E-state index is -2.74. The number of likely N-dealkylation sites (tertiary alicyclic amines) is 1. The summed E-state index contributed by atoms with van der Waals surface area (Å²) in [5.74, 6) is -4.68. The number of pyridine rings is 1. The zero-order chi connectivity index (χ0) is 27.4. The number of aliphatic carboxylic acids is 3. The van der Waals surface area contributed by atoms with Crippen LogP contribution in [0.25, 0.3) is 0 Å². The summed E-state index contributed by atoms with van der Waals surface area (Å²) in [6, 6.07) is 14.3. The molecule has 11 nitrogen and oxygen atoms in total. The van der Waals surface area contributed by atoms with Crippen LogP contribution in [0.3, 0.4) is 0 Å². The molecule has 2 aromatic rings. The summed E-state index contributed by atoms with van der Waals surface area (Å²) in [6.07, 6.45) is 2.13. The number of phenolic OH excluding ortho intramolecular Hbond substituents is 1. The van der Waals surface area contributed by atoms with Crippen molar-refractivity contribution in [3.05, 3.63) is 59.9 Å². The third kappa shape index (κ3) is 10.2. The van der Waals surface area contributed by atoms with Crippen LogP contribution in [0.1, 0.15) is 43.9 Å². The Morgan fingerprint density at radius 2 is 1.76 bits per heavy atom. The lowest BCUT2D eigenvalue weighted by atomic mass is 9.96. The molecule has 1 aliphatic rings. The number of nitrogens with zero attached hydrogens (tertiary/aromatic N) is 3. The van der Waals surface area contributed by atoms with Gasteiger partial charge in [0, 0.05) is 31.9 Å². The molecule has 3 rings (SSSR count). The van der Waals surface area contributed by atoms with E-state index in [0.717, 1.165) is 37.4 Å². The van der Waals surface area contributed by atoms with Crippen molar-refractivity contribution in [3.8, 4) is 5.75 Å². The molecule has 1 unspecified atom stereocenters. The topological polar surface area (TPSA) is 172 Å². The molecule has 1 fully saturated rings. The molecule has 1 aromatic carbocycles. The summed E-state index contributed by atoms with van der Waals surface area (Å²) in [6.45, 7) is 7.29. The highest BCUT2D eigenvalue weighted by atomic mass is 16.4. The first-order chi connectivity index (χ1) is 17.5. The first-order valence-electron chi connectivity index (χ1n) is 12.1. The predicted molar refractivity (Wildman–Crippen MR) is 134 cm³/mol. The highest BCUT2D eigenvalue weighted by molar-refractivity contribution is 5.88. The molecule has 2 heterocycles. The fourth-order valence-corrected chi connectivity index (χ4v) is 4.35. The van der Waals surface area contributed by atoms with Gasteiger partial charge in [0.2, 0.25) is 0 Å². The van der Waals surface area contributed by atoms with Gasteiger partial charge >= 0.3 is 17.9 Å². The van der Waals surface area contributed by atoms with E-state index < -0.39 is 36.4 Å². The molecule has 1 atom stereocenters. The number of carbonyl (C=O) groups is 3. The number of aliphatic hydroxyl groups is 1. The van der Waals surface area contributed by atoms with Crippen molar-refractivity contribution >= 4 is 17.9 Å². The van der Waals surface area contributed by atoms with Crippen molar-refractivity contribution in [1.29, 1.82) is 0 Å². The number of carboxylic acid groups (broad SMARTS) is 3. The summed E-state index contributed by atoms with van der Waals surface area (Å²) >= 11 is 0. The number of carboxylic acids is 3. The van der Waals surface area contributed by atoms with Crippen LogP contribution in [-0.2, 0) is 27.5 Å². The van der Waals surface area contributed by atoms with E-state index in [9.17, 15) is 19.5 Å². The zero-order valence-corrected chi connectivity index (χ0v) is 20.9. The number of hydrogen-bond donors (Lipinski definition) is 5. The molecule has 0 radical (unpaired) electrons. The van der Waals surface area contributed by atoms with E-state index in [2.05, 4.69) is 33.8 Å². The number of aromatic nitrogens is 1. The Morgan fingerprint density at radius 3 is 2.30 bits per heavy atom. The molecule has 0 spiro atoms. The van der Waals surface area contributed by atoms with E-state index in [0.29, 0.717) is 11.8 Å². The van der Waals surface area contributed by atoms with Gasteiger partial charge in [-0.2, -0.15) is 0 Å². The van der Waals surface area contributed by atoms with Gasteiger partial charge in [-0.15, -0.1) is 0 Å². The summed E-state index contributed by atoms with van der Waals surface area (Å²) in [7, 11) is 0. The lowest BCUT2D eigenvalue weighted by Gasteiger charge is -2.30. The molecule has 0 saturated carbocycles. The van der Waals surface area contributed by atoms with Gasteiger partial charge in [-0.25, -0.2) is 4.79 Å². The maximum Gasteiger partial charge on any atom is 0.336 e. The number of phenols is 1. The van der Waals surface area contributed by atoms with E-state index in [-0.39, 0.29) is 0 Å². The monoisotopic (exact) mass is 517 g/mol. The Labute approximate surface area is 215 Å². The molecule has 5 N–H and O–H groups in total. The Hall–Kier alpha value is -3.54. The van der Waals surface area contributed by atoms with Crippen molar-refractivity contribution in [2.45, 2.75) is 57.3 Å². The number of rotatable bonds is 12. The summed E-state index contributed by atoms with van der Waals surface area (Å²) in [5, 5.41) is 43.6. The van der Waals surface area contributed by atoms with Crippen molar-refractivity contribution in [2.24, 2.45) is 0 Å². The van der Waals surface area contributed by atoms with Crippen LogP contribution in [0.2, 0.25) is 0 Å². The normalized spacial score (nSPS) is 15.7. The van der Waals surface area contributed by atoms with E-state index in [1.807, 2.05) is 30.5 Å². The van der Waals surface area contributed by atoms with Crippen LogP contribution in [0.5, 0.6) is 5.75 Å². The van der Waals surface area contributed by atoms with E-state index in [4.69, 9.17) is 20.4 Å². The van der Waals surface area contributed by atoms with Crippen molar-refractivity contribution < 1.29 is 39.9 Å². The molecule has 37 heavy (non-hydrogen) atoms. The van der Waals surface area contributed by atoms with Gasteiger partial charge in [-0.05, 0) is 55.8 Å². The Kier molecular flexibility index (Phi) is 11.4. The van der Waals surface area contributed by atoms with Gasteiger partial charge in [0.05, 0.1) is 18.5 Å². The largest absolute Gasteiger partial charge is 0.508 e. The SMILES string of the molecule is CCN1CCCC1CN(Cc1cccc(O)c1)Cc1ccccn1.O=C(O)CC(O)(CC(=O)O)C(=O)O. The van der Waals surface area contributed by atoms with Crippen LogP contribution in [0, 0.1) is 0 Å². The Balaban J connectivity index is 0.000000317. The second kappa shape index (κ2) is 14.3. The smallest absolute Gasteiger partial charge is 0.336 e. The van der Waals surface area contributed by atoms with Gasteiger partial charge in [0.15, 0.2) is 5.60 Å². The van der Waals surface area contributed by atoms with E-state index in [1.54, 1.807) is 6.07 Å². The lowest BCUT2D eigenvalue weighted by Crippen LogP contribution is -2.42. The average Bonchev–Trinajstić information content (AvgIpc) is 3.26. The van der Waals surface area contributed by atoms with Crippen molar-refractivity contribution in [2.75, 3.05) is 19.6 Å². The number of benzene rings is 1. The Morgan fingerprint density at radius 1 is 1.05 bits per heavy atom. The minimum Gasteiger partial charge on any atom is -0.508 e. The lowest BCUT2D eigenvalue weighted by molar-refractivity contribution is -0.170. The zero-order valence-electron chi connectivity index (χ0n) is 20.9. The van der Waals surface area contributed by atoms with Crippen LogP contribution in [0.15, 0.2) is 48.7 Å². The molecule has 0 aliphatic carbocycles. The van der Waals surface area contributed by atoms with E-state index >= 15 is 0 Å². The fraction of sp³-hybridized carbons (Fsp3) is 0.462. The molecule has 0 amide bonds. The maximum atomic E-state index is 10.3. The highest BCUT2D eigenvalue weighted by Gasteiger charge is 2.40. The standard InChI is InChI=1S/C20H27N3O.C6H8O7/c1-2-23-12-6-9-19(23)16-22(15-18-8-3-4-11-21-18)14-17-7-5-10-20(24)13-17;7-3(8)1-6(13,5(11)12)2-4(9)10/h3-5,7-8,10-11,13,19,24H,2,6,9,12,14-16H2,1H3;13H,1-2H2,(H,7,8)(H,9,10)(H,11,12). The van der Waals surface area contributed by atoms with Crippen LogP contribution >= 0.6 is 0 Å². The van der Waals surface area contributed by atoms with Gasteiger partial charge in [0.1, 0.15) is 5.75 Å². The van der Waals surface area contributed by atoms with Crippen molar-refractivity contribution in [1.82, 2.24) is 14.8 Å². The van der Waals surface area contributed by atoms with Crippen LogP contribution in [0.4, 0.5) is 0 Å². The molecular formula is C26H35N3O8. The Bertz CT molecular complexity index is 1020. The quantitative estimate of drug-likeness (QED) is 0.279. The van der Waals surface area contributed by atoms with Crippen molar-refractivity contribution in [3.63, 3.8) is 0 Å². The average molecular weight is 518 g/mol. The van der Waals surface area contributed by atoms with Crippen LogP contribution in [-0.4, -0.2) is 89.5 Å². The summed E-state index contributed by atoms with van der Waals surface area (Å²) in [4.78, 5) is 40.0. The predicted octanol–water partition coefficient (Wildman–Crippen LogP) is 2.03. The first-order valence-corrected chi connectivity index (χ1v) is 12.1. The minimum absolute atomic E-state index is 0.335.